The van der Waals surface area contributed by atoms with Gasteiger partial charge in [-0.05, 0) is 74.0 Å². The minimum absolute atomic E-state index is 0.0792. The highest BCUT2D eigenvalue weighted by Crippen LogP contribution is 2.69. The minimum Gasteiger partial charge on any atom is -0.393 e. The molecule has 12 atom stereocenters. The number of rotatable bonds is 0. The summed E-state index contributed by atoms with van der Waals surface area (Å²) >= 11 is 0. The van der Waals surface area contributed by atoms with Crippen LogP contribution >= 0.6 is 0 Å². The second-order valence-electron chi connectivity index (χ2n) is 12.7. The van der Waals surface area contributed by atoms with Gasteiger partial charge in [-0.3, -0.25) is 0 Å². The molecule has 0 aromatic heterocycles. The molecule has 4 heteroatoms. The van der Waals surface area contributed by atoms with Gasteiger partial charge in [-0.15, -0.1) is 0 Å². The van der Waals surface area contributed by atoms with Gasteiger partial charge in [-0.1, -0.05) is 39.3 Å². The first-order valence-electron chi connectivity index (χ1n) is 13.1. The molecule has 0 amide bonds. The molecule has 2 heterocycles. The first kappa shape index (κ1) is 21.1. The van der Waals surface area contributed by atoms with Gasteiger partial charge in [0, 0.05) is 23.7 Å². The van der Waals surface area contributed by atoms with Crippen molar-refractivity contribution in [3.05, 3.63) is 11.6 Å². The van der Waals surface area contributed by atoms with E-state index in [0.29, 0.717) is 35.5 Å². The molecule has 2 aliphatic heterocycles. The van der Waals surface area contributed by atoms with E-state index in [9.17, 15) is 10.2 Å². The molecule has 0 aromatic rings. The van der Waals surface area contributed by atoms with Gasteiger partial charge in [-0.2, -0.15) is 0 Å². The second kappa shape index (κ2) is 6.81. The zero-order chi connectivity index (χ0) is 21.8. The van der Waals surface area contributed by atoms with E-state index in [1.165, 1.54) is 18.4 Å². The molecular formula is C27H42O4. The van der Waals surface area contributed by atoms with Gasteiger partial charge in [-0.25, -0.2) is 0 Å². The fraction of sp³-hybridized carbons (Fsp3) is 0.926. The molecule has 2 N–H and O–H groups in total. The zero-order valence-corrected chi connectivity index (χ0v) is 19.8. The third kappa shape index (κ3) is 2.68. The maximum absolute atomic E-state index is 11.7. The highest BCUT2D eigenvalue weighted by atomic mass is 16.7. The number of aliphatic hydroxyl groups is 2. The fourth-order valence-electron chi connectivity index (χ4n) is 9.46. The number of fused-ring (bicyclic) bond motifs is 7. The Morgan fingerprint density at radius 2 is 1.81 bits per heavy atom. The van der Waals surface area contributed by atoms with Crippen molar-refractivity contribution in [2.45, 2.75) is 103 Å². The number of ether oxygens (including phenoxy) is 2. The lowest BCUT2D eigenvalue weighted by Crippen LogP contribution is -2.57. The molecular weight excluding hydrogens is 388 g/mol. The summed E-state index contributed by atoms with van der Waals surface area (Å²) in [5.74, 6) is 2.46. The lowest BCUT2D eigenvalue weighted by Gasteiger charge is -2.61. The first-order valence-corrected chi connectivity index (χ1v) is 13.1. The van der Waals surface area contributed by atoms with E-state index < -0.39 is 5.79 Å². The summed E-state index contributed by atoms with van der Waals surface area (Å²) in [5.41, 5.74) is 1.56. The predicted octanol–water partition coefficient (Wildman–Crippen LogP) is 4.68. The predicted molar refractivity (Wildman–Crippen MR) is 119 cm³/mol. The lowest BCUT2D eigenvalue weighted by molar-refractivity contribution is -0.265. The maximum atomic E-state index is 11.7. The molecule has 174 valence electrons. The number of aliphatic hydroxyl groups excluding tert-OH is 2. The third-order valence-electron chi connectivity index (χ3n) is 11.4. The van der Waals surface area contributed by atoms with Crippen LogP contribution in [0.25, 0.3) is 0 Å². The average molecular weight is 431 g/mol. The van der Waals surface area contributed by atoms with Crippen LogP contribution in [0.3, 0.4) is 0 Å². The molecule has 4 aliphatic carbocycles. The molecule has 0 radical (unpaired) electrons. The smallest absolute Gasteiger partial charge is 0.172 e. The highest BCUT2D eigenvalue weighted by Gasteiger charge is 2.68. The molecule has 3 saturated carbocycles. The van der Waals surface area contributed by atoms with Crippen molar-refractivity contribution in [1.82, 2.24) is 0 Å². The molecule has 4 unspecified atom stereocenters. The minimum atomic E-state index is -0.452. The number of hydrogen-bond acceptors (Lipinski definition) is 4. The van der Waals surface area contributed by atoms with E-state index >= 15 is 0 Å². The SMILES string of the molecule is CC1CC[C@@]2(OC1)O[C@H]1C=C3[C@@H]4CCC5CC(O)CC[C@]5(C)[C@H]4CC(O)[C@]3(C)[C@H]1[C@@H]2C. The van der Waals surface area contributed by atoms with Gasteiger partial charge < -0.3 is 19.7 Å². The van der Waals surface area contributed by atoms with Crippen LogP contribution in [0.1, 0.15) is 79.1 Å². The summed E-state index contributed by atoms with van der Waals surface area (Å²) in [6.07, 6.45) is 10.5. The van der Waals surface area contributed by atoms with Gasteiger partial charge >= 0.3 is 0 Å². The Morgan fingerprint density at radius 1 is 1.00 bits per heavy atom. The van der Waals surface area contributed by atoms with Crippen LogP contribution in [0.15, 0.2) is 11.6 Å². The van der Waals surface area contributed by atoms with Crippen LogP contribution in [0.2, 0.25) is 0 Å². The number of hydrogen-bond donors (Lipinski definition) is 2. The van der Waals surface area contributed by atoms with Gasteiger partial charge in [0.25, 0.3) is 0 Å². The van der Waals surface area contributed by atoms with E-state index in [-0.39, 0.29) is 29.1 Å². The Morgan fingerprint density at radius 3 is 2.55 bits per heavy atom. The van der Waals surface area contributed by atoms with Gasteiger partial charge in [0.1, 0.15) is 0 Å². The van der Waals surface area contributed by atoms with Crippen molar-refractivity contribution >= 4 is 0 Å². The van der Waals surface area contributed by atoms with Crippen LogP contribution in [0.4, 0.5) is 0 Å². The fourth-order valence-corrected chi connectivity index (χ4v) is 9.46. The van der Waals surface area contributed by atoms with Crippen molar-refractivity contribution in [1.29, 1.82) is 0 Å². The molecule has 5 fully saturated rings. The van der Waals surface area contributed by atoms with Gasteiger partial charge in [0.05, 0.1) is 24.9 Å². The summed E-state index contributed by atoms with van der Waals surface area (Å²) in [5, 5.41) is 22.0. The van der Waals surface area contributed by atoms with E-state index in [2.05, 4.69) is 33.8 Å². The summed E-state index contributed by atoms with van der Waals surface area (Å²) in [4.78, 5) is 0. The van der Waals surface area contributed by atoms with Gasteiger partial charge in [0.2, 0.25) is 0 Å². The van der Waals surface area contributed by atoms with Crippen LogP contribution in [-0.2, 0) is 9.47 Å². The van der Waals surface area contributed by atoms with Crippen molar-refractivity contribution in [2.24, 2.45) is 46.3 Å². The molecule has 2 saturated heterocycles. The standard InChI is InChI=1S/C27H42O4/c1-15-7-10-27(30-14-15)16(2)24-22(31-27)12-21-19-6-5-17-11-18(28)8-9-25(17,3)20(19)13-23(29)26(21,24)4/h12,15-20,22-24,28-29H,5-11,13-14H2,1-4H3/t15?,16-,17?,18?,19+,20-,22-,23?,24-,25-,26+,27+/m0/s1. The lowest BCUT2D eigenvalue weighted by atomic mass is 9.45. The van der Waals surface area contributed by atoms with Gasteiger partial charge in [0.15, 0.2) is 5.79 Å². The molecule has 0 bridgehead atoms. The van der Waals surface area contributed by atoms with Crippen LogP contribution in [0.5, 0.6) is 0 Å². The Kier molecular flexibility index (Phi) is 4.64. The maximum Gasteiger partial charge on any atom is 0.172 e. The average Bonchev–Trinajstić information content (AvgIpc) is 3.18. The highest BCUT2D eigenvalue weighted by molar-refractivity contribution is 5.36. The van der Waals surface area contributed by atoms with E-state index in [1.54, 1.807) is 0 Å². The topological polar surface area (TPSA) is 58.9 Å². The quantitative estimate of drug-likeness (QED) is 0.548. The van der Waals surface area contributed by atoms with Crippen molar-refractivity contribution in [3.63, 3.8) is 0 Å². The summed E-state index contributed by atoms with van der Waals surface area (Å²) < 4.78 is 13.2. The first-order chi connectivity index (χ1) is 14.7. The van der Waals surface area contributed by atoms with Crippen LogP contribution in [-0.4, -0.2) is 40.9 Å². The Bertz CT molecular complexity index is 769. The van der Waals surface area contributed by atoms with Crippen molar-refractivity contribution < 1.29 is 19.7 Å². The van der Waals surface area contributed by atoms with Crippen molar-refractivity contribution in [3.8, 4) is 0 Å². The van der Waals surface area contributed by atoms with Crippen LogP contribution in [0, 0.1) is 46.3 Å². The molecule has 0 aromatic carbocycles. The summed E-state index contributed by atoms with van der Waals surface area (Å²) in [7, 11) is 0. The molecule has 6 rings (SSSR count). The van der Waals surface area contributed by atoms with E-state index in [4.69, 9.17) is 9.47 Å². The Balaban J connectivity index is 1.33. The zero-order valence-electron chi connectivity index (χ0n) is 19.8. The third-order valence-corrected chi connectivity index (χ3v) is 11.4. The normalized spacial score (nSPS) is 60.7. The molecule has 6 aliphatic rings. The monoisotopic (exact) mass is 430 g/mol. The molecule has 1 spiro atoms. The summed E-state index contributed by atoms with van der Waals surface area (Å²) in [6.45, 7) is 10.2. The van der Waals surface area contributed by atoms with E-state index in [1.807, 2.05) is 0 Å². The Hall–Kier alpha value is -0.420. The summed E-state index contributed by atoms with van der Waals surface area (Å²) in [6, 6.07) is 0. The molecule has 4 nitrogen and oxygen atoms in total. The Labute approximate surface area is 187 Å². The van der Waals surface area contributed by atoms with E-state index in [0.717, 1.165) is 45.1 Å². The van der Waals surface area contributed by atoms with Crippen molar-refractivity contribution in [2.75, 3.05) is 6.61 Å². The molecule has 31 heavy (non-hydrogen) atoms. The second-order valence-corrected chi connectivity index (χ2v) is 12.7. The van der Waals surface area contributed by atoms with Crippen LogP contribution < -0.4 is 0 Å². The largest absolute Gasteiger partial charge is 0.393 e.